The number of carbonyl (C=O) groups is 1. The molecule has 2 aromatic heterocycles. The summed E-state index contributed by atoms with van der Waals surface area (Å²) in [7, 11) is 0. The van der Waals surface area contributed by atoms with E-state index < -0.39 is 5.91 Å². The second kappa shape index (κ2) is 8.81. The van der Waals surface area contributed by atoms with Crippen LogP contribution in [0.4, 0.5) is 5.13 Å². The SMILES string of the molecule is CSc1ncc(Cl)c(C(=O)Nc2nnc(SCc3ccccc3C)s2)n1. The summed E-state index contributed by atoms with van der Waals surface area (Å²) in [4.78, 5) is 20.5. The van der Waals surface area contributed by atoms with Gasteiger partial charge in [0.1, 0.15) is 0 Å². The van der Waals surface area contributed by atoms with Crippen LogP contribution in [0.3, 0.4) is 0 Å². The van der Waals surface area contributed by atoms with Crippen molar-refractivity contribution >= 4 is 57.5 Å². The number of thioether (sulfide) groups is 2. The lowest BCUT2D eigenvalue weighted by Crippen LogP contribution is -2.15. The number of hydrogen-bond acceptors (Lipinski definition) is 8. The molecular weight excluding hydrogens is 410 g/mol. The minimum absolute atomic E-state index is 0.121. The number of halogens is 1. The van der Waals surface area contributed by atoms with E-state index in [1.165, 1.54) is 40.4 Å². The predicted molar refractivity (Wildman–Crippen MR) is 107 cm³/mol. The summed E-state index contributed by atoms with van der Waals surface area (Å²) in [6.07, 6.45) is 3.24. The molecule has 0 aliphatic carbocycles. The van der Waals surface area contributed by atoms with Gasteiger partial charge in [0.05, 0.1) is 11.2 Å². The highest BCUT2D eigenvalue weighted by Gasteiger charge is 2.16. The van der Waals surface area contributed by atoms with Gasteiger partial charge >= 0.3 is 0 Å². The second-order valence-electron chi connectivity index (χ2n) is 5.10. The Kier molecular flexibility index (Phi) is 6.47. The number of benzene rings is 1. The van der Waals surface area contributed by atoms with Crippen molar-refractivity contribution in [2.75, 3.05) is 11.6 Å². The highest BCUT2D eigenvalue weighted by Crippen LogP contribution is 2.29. The van der Waals surface area contributed by atoms with Crippen LogP contribution in [0, 0.1) is 6.92 Å². The normalized spacial score (nSPS) is 10.7. The molecule has 1 aromatic carbocycles. The molecule has 0 unspecified atom stereocenters. The van der Waals surface area contributed by atoms with E-state index in [4.69, 9.17) is 11.6 Å². The van der Waals surface area contributed by atoms with Crippen LogP contribution in [0.1, 0.15) is 21.6 Å². The van der Waals surface area contributed by atoms with Crippen molar-refractivity contribution in [3.8, 4) is 0 Å². The van der Waals surface area contributed by atoms with Crippen LogP contribution >= 0.6 is 46.5 Å². The van der Waals surface area contributed by atoms with Gasteiger partial charge in [-0.25, -0.2) is 9.97 Å². The van der Waals surface area contributed by atoms with Crippen LogP contribution < -0.4 is 5.32 Å². The first-order chi connectivity index (χ1) is 12.6. The van der Waals surface area contributed by atoms with Gasteiger partial charge in [0.25, 0.3) is 5.91 Å². The van der Waals surface area contributed by atoms with E-state index in [9.17, 15) is 4.79 Å². The Morgan fingerprint density at radius 2 is 2.12 bits per heavy atom. The van der Waals surface area contributed by atoms with E-state index in [0.717, 1.165) is 10.1 Å². The molecule has 2 heterocycles. The number of carbonyl (C=O) groups excluding carboxylic acids is 1. The molecule has 26 heavy (non-hydrogen) atoms. The van der Waals surface area contributed by atoms with Crippen LogP contribution in [0.5, 0.6) is 0 Å². The Labute approximate surface area is 168 Å². The van der Waals surface area contributed by atoms with Gasteiger partial charge in [0.2, 0.25) is 5.13 Å². The van der Waals surface area contributed by atoms with Gasteiger partial charge in [0, 0.05) is 5.75 Å². The average Bonchev–Trinajstić information content (AvgIpc) is 3.08. The highest BCUT2D eigenvalue weighted by molar-refractivity contribution is 8.00. The summed E-state index contributed by atoms with van der Waals surface area (Å²) in [6, 6.07) is 8.20. The lowest BCUT2D eigenvalue weighted by atomic mass is 10.1. The molecular formula is C16H14ClN5OS3. The lowest BCUT2D eigenvalue weighted by Gasteiger charge is -2.04. The number of nitrogens with one attached hydrogen (secondary N) is 1. The molecule has 0 atom stereocenters. The molecule has 6 nitrogen and oxygen atoms in total. The summed E-state index contributed by atoms with van der Waals surface area (Å²) in [5.41, 5.74) is 2.60. The Balaban J connectivity index is 1.65. The topological polar surface area (TPSA) is 80.7 Å². The van der Waals surface area contributed by atoms with E-state index in [2.05, 4.69) is 44.5 Å². The molecule has 0 bridgehead atoms. The molecule has 0 aliphatic heterocycles. The van der Waals surface area contributed by atoms with Gasteiger partial charge in [-0.2, -0.15) is 0 Å². The molecule has 10 heteroatoms. The monoisotopic (exact) mass is 423 g/mol. The molecule has 0 radical (unpaired) electrons. The van der Waals surface area contributed by atoms with Crippen molar-refractivity contribution in [1.82, 2.24) is 20.2 Å². The number of amides is 1. The van der Waals surface area contributed by atoms with E-state index in [1.807, 2.05) is 18.4 Å². The summed E-state index contributed by atoms with van der Waals surface area (Å²) in [5.74, 6) is 0.365. The van der Waals surface area contributed by atoms with Crippen molar-refractivity contribution in [3.63, 3.8) is 0 Å². The van der Waals surface area contributed by atoms with Gasteiger partial charge in [0.15, 0.2) is 15.2 Å². The Morgan fingerprint density at radius 3 is 2.88 bits per heavy atom. The summed E-state index contributed by atoms with van der Waals surface area (Å²) in [6.45, 7) is 2.08. The molecule has 134 valence electrons. The largest absolute Gasteiger partial charge is 0.295 e. The van der Waals surface area contributed by atoms with Crippen LogP contribution in [0.25, 0.3) is 0 Å². The van der Waals surface area contributed by atoms with Crippen LogP contribution in [0.2, 0.25) is 5.02 Å². The number of hydrogen-bond donors (Lipinski definition) is 1. The van der Waals surface area contributed by atoms with Crippen LogP contribution in [-0.4, -0.2) is 32.3 Å². The third kappa shape index (κ3) is 4.73. The first-order valence-electron chi connectivity index (χ1n) is 7.45. The van der Waals surface area contributed by atoms with E-state index in [0.29, 0.717) is 10.3 Å². The van der Waals surface area contributed by atoms with Gasteiger partial charge in [-0.05, 0) is 24.3 Å². The van der Waals surface area contributed by atoms with Crippen molar-refractivity contribution in [3.05, 3.63) is 52.3 Å². The van der Waals surface area contributed by atoms with Crippen molar-refractivity contribution in [2.45, 2.75) is 22.2 Å². The fourth-order valence-corrected chi connectivity index (χ4v) is 4.34. The highest BCUT2D eigenvalue weighted by atomic mass is 35.5. The summed E-state index contributed by atoms with van der Waals surface area (Å²) in [5, 5.41) is 11.9. The minimum Gasteiger partial charge on any atom is -0.295 e. The molecule has 3 rings (SSSR count). The van der Waals surface area contributed by atoms with Crippen molar-refractivity contribution < 1.29 is 4.79 Å². The van der Waals surface area contributed by atoms with E-state index >= 15 is 0 Å². The smallest absolute Gasteiger partial charge is 0.277 e. The summed E-state index contributed by atoms with van der Waals surface area (Å²) < 4.78 is 0.780. The fourth-order valence-electron chi connectivity index (χ4n) is 1.99. The molecule has 3 aromatic rings. The first-order valence-corrected chi connectivity index (χ1v) is 10.9. The molecule has 0 aliphatic rings. The third-order valence-electron chi connectivity index (χ3n) is 3.36. The quantitative estimate of drug-likeness (QED) is 0.353. The number of rotatable bonds is 6. The maximum Gasteiger partial charge on any atom is 0.277 e. The van der Waals surface area contributed by atoms with E-state index in [1.54, 1.807) is 11.8 Å². The van der Waals surface area contributed by atoms with Crippen LogP contribution in [0.15, 0.2) is 40.0 Å². The van der Waals surface area contributed by atoms with E-state index in [-0.39, 0.29) is 10.7 Å². The standard InChI is InChI=1S/C16H14ClN5OS3/c1-9-5-3-4-6-10(9)8-25-16-22-21-15(26-16)20-13(23)12-11(17)7-18-14(19-12)24-2/h3-7H,8H2,1-2H3,(H,20,21,23). The van der Waals surface area contributed by atoms with Gasteiger partial charge in [-0.1, -0.05) is 70.7 Å². The molecule has 0 spiro atoms. The Bertz CT molecular complexity index is 934. The maximum absolute atomic E-state index is 12.4. The zero-order chi connectivity index (χ0) is 18.5. The lowest BCUT2D eigenvalue weighted by molar-refractivity contribution is 0.102. The molecule has 0 fully saturated rings. The molecule has 0 saturated heterocycles. The molecule has 1 N–H and O–H groups in total. The maximum atomic E-state index is 12.4. The third-order valence-corrected chi connectivity index (χ3v) is 6.22. The first kappa shape index (κ1) is 19.1. The van der Waals surface area contributed by atoms with Gasteiger partial charge in [-0.15, -0.1) is 10.2 Å². The minimum atomic E-state index is -0.431. The van der Waals surface area contributed by atoms with Gasteiger partial charge < -0.3 is 0 Å². The molecule has 0 saturated carbocycles. The number of nitrogens with zero attached hydrogens (tertiary/aromatic N) is 4. The zero-order valence-corrected chi connectivity index (χ0v) is 17.1. The second-order valence-corrected chi connectivity index (χ2v) is 8.48. The predicted octanol–water partition coefficient (Wildman–Crippen LogP) is 4.56. The number of anilines is 1. The zero-order valence-electron chi connectivity index (χ0n) is 13.9. The van der Waals surface area contributed by atoms with Crippen molar-refractivity contribution in [1.29, 1.82) is 0 Å². The molecule has 1 amide bonds. The summed E-state index contributed by atoms with van der Waals surface area (Å²) >= 11 is 10.2. The van der Waals surface area contributed by atoms with Crippen molar-refractivity contribution in [2.24, 2.45) is 0 Å². The fraction of sp³-hybridized carbons (Fsp3) is 0.188. The van der Waals surface area contributed by atoms with Gasteiger partial charge in [-0.3, -0.25) is 10.1 Å². The van der Waals surface area contributed by atoms with Crippen LogP contribution in [-0.2, 0) is 5.75 Å². The Hall–Kier alpha value is -1.68. The Morgan fingerprint density at radius 1 is 1.31 bits per heavy atom. The number of aromatic nitrogens is 4. The average molecular weight is 424 g/mol. The number of aryl methyl sites for hydroxylation is 1.